The Labute approximate surface area is 144 Å². The van der Waals surface area contributed by atoms with Crippen LogP contribution in [0.15, 0.2) is 29.6 Å². The van der Waals surface area contributed by atoms with E-state index in [1.165, 1.54) is 11.3 Å². The number of carbonyl (C=O) groups is 2. The number of nitrogens with one attached hydrogen (secondary N) is 1. The topological polar surface area (TPSA) is 77.5 Å². The fourth-order valence-electron chi connectivity index (χ4n) is 1.97. The predicted molar refractivity (Wildman–Crippen MR) is 92.3 cm³/mol. The molecule has 0 fully saturated rings. The van der Waals surface area contributed by atoms with Crippen LogP contribution in [0.25, 0.3) is 10.6 Å². The van der Waals surface area contributed by atoms with E-state index in [1.54, 1.807) is 19.2 Å². The van der Waals surface area contributed by atoms with Gasteiger partial charge in [0.1, 0.15) is 22.5 Å². The minimum Gasteiger partial charge on any atom is -0.494 e. The first-order valence-electron chi connectivity index (χ1n) is 7.71. The number of ether oxygens (including phenoxy) is 2. The molecule has 2 aromatic rings. The second-order valence-corrected chi connectivity index (χ2v) is 5.80. The van der Waals surface area contributed by atoms with E-state index in [4.69, 9.17) is 9.47 Å². The van der Waals surface area contributed by atoms with E-state index >= 15 is 0 Å². The van der Waals surface area contributed by atoms with Gasteiger partial charge in [-0.15, -0.1) is 11.3 Å². The van der Waals surface area contributed by atoms with Gasteiger partial charge in [-0.05, 0) is 45.0 Å². The fraction of sp³-hybridized carbons (Fsp3) is 0.353. The molecule has 7 heteroatoms. The average Bonchev–Trinajstić information content (AvgIpc) is 3.06. The van der Waals surface area contributed by atoms with Gasteiger partial charge < -0.3 is 14.8 Å². The lowest BCUT2D eigenvalue weighted by Gasteiger charge is -2.11. The zero-order chi connectivity index (χ0) is 17.5. The number of thiazole rings is 1. The Hall–Kier alpha value is -2.41. The van der Waals surface area contributed by atoms with E-state index in [9.17, 15) is 9.59 Å². The van der Waals surface area contributed by atoms with Crippen LogP contribution in [0, 0.1) is 0 Å². The Kier molecular flexibility index (Phi) is 6.31. The van der Waals surface area contributed by atoms with E-state index in [-0.39, 0.29) is 12.3 Å². The highest BCUT2D eigenvalue weighted by Crippen LogP contribution is 2.25. The monoisotopic (exact) mass is 348 g/mol. The fourth-order valence-corrected chi connectivity index (χ4v) is 2.77. The molecule has 1 N–H and O–H groups in total. The number of benzene rings is 1. The van der Waals surface area contributed by atoms with Crippen molar-refractivity contribution in [1.29, 1.82) is 0 Å². The van der Waals surface area contributed by atoms with Gasteiger partial charge in [0, 0.05) is 10.9 Å². The summed E-state index contributed by atoms with van der Waals surface area (Å²) in [6, 6.07) is 6.80. The Bertz CT molecular complexity index is 697. The molecule has 0 saturated heterocycles. The van der Waals surface area contributed by atoms with Crippen LogP contribution in [0.2, 0.25) is 0 Å². The van der Waals surface area contributed by atoms with Crippen LogP contribution in [0.5, 0.6) is 5.75 Å². The summed E-state index contributed by atoms with van der Waals surface area (Å²) in [6.45, 7) is 6.11. The van der Waals surface area contributed by atoms with Gasteiger partial charge >= 0.3 is 5.97 Å². The lowest BCUT2D eigenvalue weighted by Crippen LogP contribution is -2.39. The Morgan fingerprint density at radius 1 is 1.21 bits per heavy atom. The van der Waals surface area contributed by atoms with Crippen LogP contribution < -0.4 is 10.1 Å². The van der Waals surface area contributed by atoms with Gasteiger partial charge in [0.2, 0.25) is 0 Å². The van der Waals surface area contributed by atoms with Crippen molar-refractivity contribution < 1.29 is 19.1 Å². The third-order valence-electron chi connectivity index (χ3n) is 3.14. The molecule has 1 aromatic heterocycles. The molecule has 24 heavy (non-hydrogen) atoms. The van der Waals surface area contributed by atoms with Crippen molar-refractivity contribution in [1.82, 2.24) is 10.3 Å². The second kappa shape index (κ2) is 8.44. The SMILES string of the molecule is CCOC(=O)C(C)NC(=O)c1csc(-c2ccc(OCC)cc2)n1. The van der Waals surface area contributed by atoms with Crippen LogP contribution >= 0.6 is 11.3 Å². The van der Waals surface area contributed by atoms with Gasteiger partial charge in [0.15, 0.2) is 0 Å². The van der Waals surface area contributed by atoms with Gasteiger partial charge in [-0.25, -0.2) is 9.78 Å². The average molecular weight is 348 g/mol. The maximum atomic E-state index is 12.2. The first-order valence-corrected chi connectivity index (χ1v) is 8.59. The molecule has 0 bridgehead atoms. The van der Waals surface area contributed by atoms with E-state index in [0.29, 0.717) is 6.61 Å². The lowest BCUT2D eigenvalue weighted by molar-refractivity contribution is -0.144. The standard InChI is InChI=1S/C17H20N2O4S/c1-4-22-13-8-6-12(7-9-13)16-19-14(10-24-16)15(20)18-11(3)17(21)23-5-2/h6-11H,4-5H2,1-3H3,(H,18,20). The van der Waals surface area contributed by atoms with Crippen molar-refractivity contribution in [2.24, 2.45) is 0 Å². The van der Waals surface area contributed by atoms with E-state index in [0.717, 1.165) is 16.3 Å². The Balaban J connectivity index is 2.04. The van der Waals surface area contributed by atoms with E-state index in [2.05, 4.69) is 10.3 Å². The number of hydrogen-bond donors (Lipinski definition) is 1. The van der Waals surface area contributed by atoms with Gasteiger partial charge in [-0.3, -0.25) is 4.79 Å². The first kappa shape index (κ1) is 17.9. The van der Waals surface area contributed by atoms with Crippen LogP contribution in [0.4, 0.5) is 0 Å². The molecule has 1 aromatic carbocycles. The summed E-state index contributed by atoms with van der Waals surface area (Å²) in [4.78, 5) is 28.0. The van der Waals surface area contributed by atoms with Crippen molar-refractivity contribution in [3.05, 3.63) is 35.3 Å². The predicted octanol–water partition coefficient (Wildman–Crippen LogP) is 2.89. The van der Waals surface area contributed by atoms with Crippen LogP contribution in [-0.2, 0) is 9.53 Å². The highest BCUT2D eigenvalue weighted by molar-refractivity contribution is 7.13. The zero-order valence-electron chi connectivity index (χ0n) is 13.9. The maximum absolute atomic E-state index is 12.2. The molecular weight excluding hydrogens is 328 g/mol. The number of aromatic nitrogens is 1. The summed E-state index contributed by atoms with van der Waals surface area (Å²) in [7, 11) is 0. The molecule has 0 aliphatic carbocycles. The summed E-state index contributed by atoms with van der Waals surface area (Å²) < 4.78 is 10.3. The molecule has 2 rings (SSSR count). The lowest BCUT2D eigenvalue weighted by atomic mass is 10.2. The highest BCUT2D eigenvalue weighted by Gasteiger charge is 2.19. The van der Waals surface area contributed by atoms with Crippen LogP contribution in [0.1, 0.15) is 31.3 Å². The number of esters is 1. The van der Waals surface area contributed by atoms with Crippen molar-refractivity contribution in [2.45, 2.75) is 26.8 Å². The molecule has 1 amide bonds. The number of rotatable bonds is 7. The number of hydrogen-bond acceptors (Lipinski definition) is 6. The molecule has 0 saturated carbocycles. The maximum Gasteiger partial charge on any atom is 0.328 e. The third-order valence-corrected chi connectivity index (χ3v) is 4.03. The molecule has 6 nitrogen and oxygen atoms in total. The molecule has 0 spiro atoms. The van der Waals surface area contributed by atoms with Crippen molar-refractivity contribution >= 4 is 23.2 Å². The van der Waals surface area contributed by atoms with Crippen LogP contribution in [-0.4, -0.2) is 36.1 Å². The highest BCUT2D eigenvalue weighted by atomic mass is 32.1. The Morgan fingerprint density at radius 3 is 2.54 bits per heavy atom. The number of carbonyl (C=O) groups excluding carboxylic acids is 2. The summed E-state index contributed by atoms with van der Waals surface area (Å²) >= 11 is 1.37. The van der Waals surface area contributed by atoms with Gasteiger partial charge in [-0.1, -0.05) is 0 Å². The zero-order valence-corrected chi connectivity index (χ0v) is 14.7. The second-order valence-electron chi connectivity index (χ2n) is 4.94. The van der Waals surface area contributed by atoms with Crippen molar-refractivity contribution in [3.63, 3.8) is 0 Å². The third kappa shape index (κ3) is 4.55. The summed E-state index contributed by atoms with van der Waals surface area (Å²) in [6.07, 6.45) is 0. The van der Waals surface area contributed by atoms with E-state index in [1.807, 2.05) is 31.2 Å². The number of amides is 1. The molecular formula is C17H20N2O4S. The summed E-state index contributed by atoms with van der Waals surface area (Å²) in [5.41, 5.74) is 1.18. The van der Waals surface area contributed by atoms with Crippen molar-refractivity contribution in [2.75, 3.05) is 13.2 Å². The molecule has 0 radical (unpaired) electrons. The molecule has 1 atom stereocenters. The Morgan fingerprint density at radius 2 is 1.92 bits per heavy atom. The largest absolute Gasteiger partial charge is 0.494 e. The minimum atomic E-state index is -0.715. The van der Waals surface area contributed by atoms with Crippen LogP contribution in [0.3, 0.4) is 0 Å². The minimum absolute atomic E-state index is 0.275. The summed E-state index contributed by atoms with van der Waals surface area (Å²) in [5.74, 6) is -0.0733. The molecule has 128 valence electrons. The molecule has 0 aliphatic rings. The molecule has 1 heterocycles. The van der Waals surface area contributed by atoms with Gasteiger partial charge in [-0.2, -0.15) is 0 Å². The van der Waals surface area contributed by atoms with Crippen molar-refractivity contribution in [3.8, 4) is 16.3 Å². The smallest absolute Gasteiger partial charge is 0.328 e. The molecule has 0 aliphatic heterocycles. The molecule has 1 unspecified atom stereocenters. The van der Waals surface area contributed by atoms with Gasteiger partial charge in [0.25, 0.3) is 5.91 Å². The van der Waals surface area contributed by atoms with E-state index < -0.39 is 17.9 Å². The quantitative estimate of drug-likeness (QED) is 0.779. The number of nitrogens with zero attached hydrogens (tertiary/aromatic N) is 1. The normalized spacial score (nSPS) is 11.6. The first-order chi connectivity index (χ1) is 11.5. The summed E-state index contributed by atoms with van der Waals surface area (Å²) in [5, 5.41) is 4.98. The van der Waals surface area contributed by atoms with Gasteiger partial charge in [0.05, 0.1) is 13.2 Å².